The molecule has 2 unspecified atom stereocenters. The summed E-state index contributed by atoms with van der Waals surface area (Å²) in [6.07, 6.45) is 7.11. The van der Waals surface area contributed by atoms with Crippen molar-refractivity contribution in [2.45, 2.75) is 23.7 Å². The lowest BCUT2D eigenvalue weighted by molar-refractivity contribution is -0.136. The number of carbonyl (C=O) groups excluding carboxylic acids is 1. The van der Waals surface area contributed by atoms with Crippen LogP contribution in [0.25, 0.3) is 0 Å². The van der Waals surface area contributed by atoms with Gasteiger partial charge in [-0.1, -0.05) is 35.5 Å². The van der Waals surface area contributed by atoms with Crippen molar-refractivity contribution in [1.29, 1.82) is 0 Å². The van der Waals surface area contributed by atoms with Crippen LogP contribution >= 0.6 is 35.1 Å². The number of carboxylic acid groups (broad SMARTS) is 1. The molecule has 0 aromatic carbocycles. The van der Waals surface area contributed by atoms with Crippen molar-refractivity contribution in [3.05, 3.63) is 34.4 Å². The Balaban J connectivity index is 1.30. The second-order valence-corrected chi connectivity index (χ2v) is 9.94. The number of thioether (sulfide) groups is 2. The third kappa shape index (κ3) is 7.90. The van der Waals surface area contributed by atoms with Crippen LogP contribution in [-0.4, -0.2) is 71.2 Å². The molecule has 160 valence electrons. The van der Waals surface area contributed by atoms with E-state index in [0.29, 0.717) is 30.5 Å². The second-order valence-electron chi connectivity index (χ2n) is 7.14. The maximum atomic E-state index is 12.2. The smallest absolute Gasteiger partial charge is 0.309 e. The molecule has 7 nitrogen and oxygen atoms in total. The van der Waals surface area contributed by atoms with Crippen LogP contribution in [0.1, 0.15) is 12.8 Å². The fourth-order valence-corrected chi connectivity index (χ4v) is 5.45. The fourth-order valence-electron chi connectivity index (χ4n) is 3.31. The average molecular weight is 460 g/mol. The second kappa shape index (κ2) is 11.3. The van der Waals surface area contributed by atoms with Crippen LogP contribution in [0.2, 0.25) is 0 Å². The van der Waals surface area contributed by atoms with Crippen LogP contribution in [0.15, 0.2) is 34.4 Å². The molecule has 3 rings (SSSR count). The van der Waals surface area contributed by atoms with Crippen molar-refractivity contribution in [2.24, 2.45) is 5.92 Å². The van der Waals surface area contributed by atoms with Crippen LogP contribution in [0.5, 0.6) is 0 Å². The molecular formula is C19H26ClN3O4S2. The van der Waals surface area contributed by atoms with E-state index in [2.05, 4.69) is 27.7 Å². The lowest BCUT2D eigenvalue weighted by atomic mass is 10.00. The summed E-state index contributed by atoms with van der Waals surface area (Å²) in [4.78, 5) is 25.3. The molecule has 0 aromatic heterocycles. The van der Waals surface area contributed by atoms with E-state index in [-0.39, 0.29) is 23.1 Å². The van der Waals surface area contributed by atoms with E-state index >= 15 is 0 Å². The zero-order valence-corrected chi connectivity index (χ0v) is 18.4. The van der Waals surface area contributed by atoms with Gasteiger partial charge in [0.2, 0.25) is 5.91 Å². The Morgan fingerprint density at radius 2 is 2.34 bits per heavy atom. The topological polar surface area (TPSA) is 90.9 Å². The van der Waals surface area contributed by atoms with Crippen molar-refractivity contribution in [1.82, 2.24) is 15.5 Å². The van der Waals surface area contributed by atoms with Crippen molar-refractivity contribution >= 4 is 47.0 Å². The summed E-state index contributed by atoms with van der Waals surface area (Å²) in [5, 5.41) is 17.5. The van der Waals surface area contributed by atoms with Gasteiger partial charge in [0.05, 0.1) is 24.9 Å². The summed E-state index contributed by atoms with van der Waals surface area (Å²) in [6.45, 7) is 3.84. The molecule has 0 spiro atoms. The minimum Gasteiger partial charge on any atom is -0.481 e. The van der Waals surface area contributed by atoms with E-state index in [4.69, 9.17) is 21.4 Å². The van der Waals surface area contributed by atoms with Crippen molar-refractivity contribution in [3.63, 3.8) is 0 Å². The van der Waals surface area contributed by atoms with Gasteiger partial charge in [-0.2, -0.15) is 0 Å². The number of ether oxygens (including phenoxy) is 1. The van der Waals surface area contributed by atoms with E-state index < -0.39 is 5.97 Å². The molecule has 1 fully saturated rings. The summed E-state index contributed by atoms with van der Waals surface area (Å²) >= 11 is 8.93. The summed E-state index contributed by atoms with van der Waals surface area (Å²) in [5.74, 6) is -0.123. The number of nitrogens with one attached hydrogen (secondary N) is 2. The predicted molar refractivity (Wildman–Crippen MR) is 118 cm³/mol. The quantitative estimate of drug-likeness (QED) is 0.483. The molecule has 0 radical (unpaired) electrons. The van der Waals surface area contributed by atoms with Gasteiger partial charge in [-0.05, 0) is 23.8 Å². The van der Waals surface area contributed by atoms with Gasteiger partial charge < -0.3 is 20.5 Å². The van der Waals surface area contributed by atoms with Crippen molar-refractivity contribution < 1.29 is 19.4 Å². The Morgan fingerprint density at radius 1 is 1.48 bits per heavy atom. The molecule has 0 saturated carbocycles. The van der Waals surface area contributed by atoms with Crippen LogP contribution in [0, 0.1) is 5.92 Å². The number of allylic oxidation sites excluding steroid dienone is 3. The van der Waals surface area contributed by atoms with Gasteiger partial charge >= 0.3 is 5.97 Å². The predicted octanol–water partition coefficient (Wildman–Crippen LogP) is 2.17. The average Bonchev–Trinajstić information content (AvgIpc) is 3.13. The monoisotopic (exact) mass is 459 g/mol. The molecule has 0 bridgehead atoms. The molecule has 29 heavy (non-hydrogen) atoms. The summed E-state index contributed by atoms with van der Waals surface area (Å²) in [7, 11) is 0. The Morgan fingerprint density at radius 3 is 3.10 bits per heavy atom. The van der Waals surface area contributed by atoms with Gasteiger partial charge in [-0.15, -0.1) is 11.8 Å². The summed E-state index contributed by atoms with van der Waals surface area (Å²) < 4.78 is 5.77. The first-order valence-corrected chi connectivity index (χ1v) is 11.9. The number of nitrogens with zero attached hydrogens (tertiary/aromatic N) is 1. The highest BCUT2D eigenvalue weighted by Gasteiger charge is 2.24. The van der Waals surface area contributed by atoms with Gasteiger partial charge in [0.25, 0.3) is 0 Å². The Kier molecular flexibility index (Phi) is 8.80. The first kappa shape index (κ1) is 22.6. The Hall–Kier alpha value is -1.13. The summed E-state index contributed by atoms with van der Waals surface area (Å²) in [6, 6.07) is 0. The number of halogens is 1. The minimum atomic E-state index is -0.867. The zero-order valence-electron chi connectivity index (χ0n) is 16.0. The molecule has 1 amide bonds. The Labute approximate surface area is 184 Å². The highest BCUT2D eigenvalue weighted by atomic mass is 35.5. The molecule has 1 saturated heterocycles. The fraction of sp³-hybridized carbons (Fsp3) is 0.579. The van der Waals surface area contributed by atoms with Gasteiger partial charge in [-0.3, -0.25) is 14.5 Å². The lowest BCUT2D eigenvalue weighted by Crippen LogP contribution is -2.48. The van der Waals surface area contributed by atoms with Crippen LogP contribution in [0.3, 0.4) is 0 Å². The first-order valence-electron chi connectivity index (χ1n) is 9.57. The number of carbonyl (C=O) groups is 2. The normalized spacial score (nSPS) is 27.1. The number of amides is 1. The highest BCUT2D eigenvalue weighted by Crippen LogP contribution is 2.30. The first-order chi connectivity index (χ1) is 14.0. The largest absolute Gasteiger partial charge is 0.481 e. The molecule has 0 aromatic rings. The SMILES string of the molecule is O=C(O)CC1=CSC(SCC(=O)NC[C@H]2CN(CC3C=CC(Cl)=CC3)CCO2)N1. The van der Waals surface area contributed by atoms with E-state index in [9.17, 15) is 9.59 Å². The molecule has 3 aliphatic rings. The number of morpholine rings is 1. The molecule has 3 atom stereocenters. The molecule has 10 heteroatoms. The number of rotatable bonds is 9. The van der Waals surface area contributed by atoms with Crippen molar-refractivity contribution in [2.75, 3.05) is 38.5 Å². The number of hydrogen-bond donors (Lipinski definition) is 3. The molecule has 2 aliphatic heterocycles. The minimum absolute atomic E-state index is 0.00721. The molecule has 2 heterocycles. The van der Waals surface area contributed by atoms with E-state index in [1.807, 2.05) is 6.08 Å². The maximum Gasteiger partial charge on any atom is 0.309 e. The zero-order chi connectivity index (χ0) is 20.6. The Bertz CT molecular complexity index is 701. The lowest BCUT2D eigenvalue weighted by Gasteiger charge is -2.34. The number of aliphatic carboxylic acids is 1. The van der Waals surface area contributed by atoms with Gasteiger partial charge in [0.15, 0.2) is 0 Å². The van der Waals surface area contributed by atoms with Crippen LogP contribution in [-0.2, 0) is 14.3 Å². The molecule has 3 N–H and O–H groups in total. The van der Waals surface area contributed by atoms with Gasteiger partial charge in [-0.25, -0.2) is 0 Å². The number of carboxylic acids is 1. The van der Waals surface area contributed by atoms with E-state index in [1.54, 1.807) is 5.41 Å². The number of hydrogen-bond acceptors (Lipinski definition) is 7. The third-order valence-electron chi connectivity index (χ3n) is 4.73. The highest BCUT2D eigenvalue weighted by molar-refractivity contribution is 8.18. The van der Waals surface area contributed by atoms with Crippen LogP contribution < -0.4 is 10.6 Å². The van der Waals surface area contributed by atoms with Gasteiger partial charge in [0.1, 0.15) is 4.71 Å². The van der Waals surface area contributed by atoms with Crippen molar-refractivity contribution in [3.8, 4) is 0 Å². The van der Waals surface area contributed by atoms with Crippen LogP contribution in [0.4, 0.5) is 0 Å². The summed E-state index contributed by atoms with van der Waals surface area (Å²) in [5.41, 5.74) is 0.682. The standard InChI is InChI=1S/C19H26ClN3O4S2/c20-14-3-1-13(2-4-14)9-23-5-6-27-16(10-23)8-21-17(24)12-29-19-22-15(11-28-19)7-18(25)26/h1,3-4,11,13,16,19,22H,2,5-10,12H2,(H,21,24)(H,25,26)/t13?,16-,19?/m0/s1. The molecular weight excluding hydrogens is 434 g/mol. The molecule has 1 aliphatic carbocycles. The van der Waals surface area contributed by atoms with E-state index in [1.165, 1.54) is 23.5 Å². The van der Waals surface area contributed by atoms with Gasteiger partial charge in [0, 0.05) is 36.9 Å². The third-order valence-corrected chi connectivity index (χ3v) is 7.39. The maximum absolute atomic E-state index is 12.2. The van der Waals surface area contributed by atoms with E-state index in [0.717, 1.165) is 31.1 Å².